The number of piperidine rings is 1. The molecule has 28 heavy (non-hydrogen) atoms. The second kappa shape index (κ2) is 8.36. The van der Waals surface area contributed by atoms with Crippen LogP contribution in [0.5, 0.6) is 0 Å². The van der Waals surface area contributed by atoms with Crippen molar-refractivity contribution < 1.29 is 0 Å². The molecule has 4 nitrogen and oxygen atoms in total. The van der Waals surface area contributed by atoms with E-state index in [1.54, 1.807) is 0 Å². The van der Waals surface area contributed by atoms with E-state index in [1.807, 2.05) is 0 Å². The van der Waals surface area contributed by atoms with Crippen LogP contribution < -0.4 is 11.1 Å². The number of guanidine groups is 1. The number of nitrogens with zero attached hydrogens (tertiary/aromatic N) is 2. The van der Waals surface area contributed by atoms with Gasteiger partial charge in [0.25, 0.3) is 0 Å². The van der Waals surface area contributed by atoms with Crippen molar-refractivity contribution in [1.29, 1.82) is 0 Å². The van der Waals surface area contributed by atoms with Crippen molar-refractivity contribution in [1.82, 2.24) is 10.2 Å². The van der Waals surface area contributed by atoms with E-state index in [2.05, 4.69) is 77.8 Å². The van der Waals surface area contributed by atoms with Gasteiger partial charge < -0.3 is 11.1 Å². The molecule has 2 aromatic rings. The number of hydrogen-bond acceptors (Lipinski definition) is 2. The van der Waals surface area contributed by atoms with Crippen LogP contribution in [0, 0.1) is 0 Å². The van der Waals surface area contributed by atoms with Crippen LogP contribution in [0.2, 0.25) is 0 Å². The van der Waals surface area contributed by atoms with Crippen molar-refractivity contribution in [3.63, 3.8) is 0 Å². The Balaban J connectivity index is 1.22. The summed E-state index contributed by atoms with van der Waals surface area (Å²) in [6.45, 7) is 5.55. The predicted molar refractivity (Wildman–Crippen MR) is 116 cm³/mol. The molecule has 1 aliphatic carbocycles. The summed E-state index contributed by atoms with van der Waals surface area (Å²) in [5.74, 6) is 0.627. The number of nitrogens with one attached hydrogen (secondary N) is 1. The number of likely N-dealkylation sites (tertiary alicyclic amines) is 1. The molecule has 0 spiro atoms. The van der Waals surface area contributed by atoms with Gasteiger partial charge in [0.2, 0.25) is 0 Å². The SMILES string of the molecule is CC1(c2ccccc2)CC(NC(N)=NC2CCN(Cc3ccccc3)CC2)C1. The molecule has 2 fully saturated rings. The van der Waals surface area contributed by atoms with Crippen molar-refractivity contribution in [2.45, 2.75) is 56.7 Å². The Morgan fingerprint density at radius 3 is 2.29 bits per heavy atom. The molecule has 148 valence electrons. The Hall–Kier alpha value is -2.33. The van der Waals surface area contributed by atoms with Crippen molar-refractivity contribution in [3.8, 4) is 0 Å². The van der Waals surface area contributed by atoms with Gasteiger partial charge in [-0.05, 0) is 42.2 Å². The highest BCUT2D eigenvalue weighted by molar-refractivity contribution is 5.78. The van der Waals surface area contributed by atoms with Gasteiger partial charge in [0.1, 0.15) is 0 Å². The topological polar surface area (TPSA) is 53.6 Å². The highest BCUT2D eigenvalue weighted by atomic mass is 15.2. The monoisotopic (exact) mass is 376 g/mol. The minimum Gasteiger partial charge on any atom is -0.370 e. The maximum atomic E-state index is 6.23. The van der Waals surface area contributed by atoms with Crippen molar-refractivity contribution in [2.24, 2.45) is 10.7 Å². The standard InChI is InChI=1S/C24H32N4/c1-24(20-10-6-3-7-11-20)16-22(17-24)27-23(25)26-21-12-14-28(15-13-21)18-19-8-4-2-5-9-19/h2-11,21-22H,12-18H2,1H3,(H3,25,26,27). The lowest BCUT2D eigenvalue weighted by atomic mass is 9.63. The van der Waals surface area contributed by atoms with Gasteiger partial charge in [-0.25, -0.2) is 0 Å². The Bertz CT molecular complexity index is 773. The lowest BCUT2D eigenvalue weighted by Gasteiger charge is -2.46. The van der Waals surface area contributed by atoms with E-state index in [0.29, 0.717) is 18.0 Å². The zero-order chi connectivity index (χ0) is 19.4. The quantitative estimate of drug-likeness (QED) is 0.618. The van der Waals surface area contributed by atoms with Crippen molar-refractivity contribution >= 4 is 5.96 Å². The predicted octanol–water partition coefficient (Wildman–Crippen LogP) is 3.68. The summed E-state index contributed by atoms with van der Waals surface area (Å²) in [5.41, 5.74) is 9.30. The fraction of sp³-hybridized carbons (Fsp3) is 0.458. The zero-order valence-electron chi connectivity index (χ0n) is 16.8. The van der Waals surface area contributed by atoms with E-state index in [1.165, 1.54) is 11.1 Å². The summed E-state index contributed by atoms with van der Waals surface area (Å²) < 4.78 is 0. The summed E-state index contributed by atoms with van der Waals surface area (Å²) in [5, 5.41) is 3.45. The molecule has 1 saturated carbocycles. The van der Waals surface area contributed by atoms with Crippen molar-refractivity contribution in [2.75, 3.05) is 13.1 Å². The second-order valence-electron chi connectivity index (χ2n) is 8.68. The zero-order valence-corrected chi connectivity index (χ0v) is 16.8. The molecule has 2 aromatic carbocycles. The summed E-state index contributed by atoms with van der Waals surface area (Å²) in [6.07, 6.45) is 4.40. The first-order chi connectivity index (χ1) is 13.6. The Labute approximate surface area is 168 Å². The lowest BCUT2D eigenvalue weighted by Crippen LogP contribution is -2.53. The first-order valence-corrected chi connectivity index (χ1v) is 10.5. The van der Waals surface area contributed by atoms with Crippen LogP contribution in [0.25, 0.3) is 0 Å². The number of rotatable bonds is 5. The van der Waals surface area contributed by atoms with Gasteiger partial charge in [-0.1, -0.05) is 67.6 Å². The fourth-order valence-corrected chi connectivity index (χ4v) is 4.70. The van der Waals surface area contributed by atoms with Gasteiger partial charge in [0.15, 0.2) is 5.96 Å². The summed E-state index contributed by atoms with van der Waals surface area (Å²) in [6, 6.07) is 22.3. The first-order valence-electron chi connectivity index (χ1n) is 10.5. The van der Waals surface area contributed by atoms with Crippen LogP contribution in [0.3, 0.4) is 0 Å². The van der Waals surface area contributed by atoms with Crippen LogP contribution >= 0.6 is 0 Å². The Morgan fingerprint density at radius 1 is 1.04 bits per heavy atom. The third-order valence-electron chi connectivity index (χ3n) is 6.34. The minimum absolute atomic E-state index is 0.266. The van der Waals surface area contributed by atoms with Crippen LogP contribution in [-0.2, 0) is 12.0 Å². The second-order valence-corrected chi connectivity index (χ2v) is 8.68. The molecule has 0 unspecified atom stereocenters. The number of nitrogens with two attached hydrogens (primary N) is 1. The fourth-order valence-electron chi connectivity index (χ4n) is 4.70. The van der Waals surface area contributed by atoms with Gasteiger partial charge in [-0.3, -0.25) is 9.89 Å². The minimum atomic E-state index is 0.266. The van der Waals surface area contributed by atoms with E-state index >= 15 is 0 Å². The van der Waals surface area contributed by atoms with Crippen LogP contribution in [0.15, 0.2) is 65.7 Å². The molecule has 0 amide bonds. The lowest BCUT2D eigenvalue weighted by molar-refractivity contribution is 0.202. The van der Waals surface area contributed by atoms with Crippen LogP contribution in [0.4, 0.5) is 0 Å². The third-order valence-corrected chi connectivity index (χ3v) is 6.34. The number of hydrogen-bond donors (Lipinski definition) is 2. The molecule has 2 aliphatic rings. The van der Waals surface area contributed by atoms with Gasteiger partial charge in [-0.15, -0.1) is 0 Å². The van der Waals surface area contributed by atoms with Crippen molar-refractivity contribution in [3.05, 3.63) is 71.8 Å². The van der Waals surface area contributed by atoms with E-state index in [-0.39, 0.29) is 5.41 Å². The molecule has 1 saturated heterocycles. The average molecular weight is 377 g/mol. The van der Waals surface area contributed by atoms with E-state index in [9.17, 15) is 0 Å². The summed E-state index contributed by atoms with van der Waals surface area (Å²) >= 11 is 0. The molecule has 1 aliphatic heterocycles. The maximum absolute atomic E-state index is 6.23. The first kappa shape index (κ1) is 19.0. The van der Waals surface area contributed by atoms with E-state index in [4.69, 9.17) is 10.7 Å². The molecule has 4 heteroatoms. The Morgan fingerprint density at radius 2 is 1.64 bits per heavy atom. The summed E-state index contributed by atoms with van der Waals surface area (Å²) in [7, 11) is 0. The molecular weight excluding hydrogens is 344 g/mol. The number of aliphatic imine (C=N–C) groups is 1. The van der Waals surface area contributed by atoms with E-state index in [0.717, 1.165) is 45.3 Å². The molecule has 0 aromatic heterocycles. The van der Waals surface area contributed by atoms with Gasteiger partial charge >= 0.3 is 0 Å². The molecule has 4 rings (SSSR count). The Kier molecular flexibility index (Phi) is 5.67. The normalized spacial score (nSPS) is 26.6. The number of benzene rings is 2. The van der Waals surface area contributed by atoms with E-state index < -0.39 is 0 Å². The molecule has 1 heterocycles. The molecular formula is C24H32N4. The largest absolute Gasteiger partial charge is 0.370 e. The molecule has 0 atom stereocenters. The molecule has 0 bridgehead atoms. The van der Waals surface area contributed by atoms with Gasteiger partial charge in [0, 0.05) is 25.7 Å². The van der Waals surface area contributed by atoms with Crippen LogP contribution in [-0.4, -0.2) is 36.0 Å². The van der Waals surface area contributed by atoms with Crippen LogP contribution in [0.1, 0.15) is 43.7 Å². The van der Waals surface area contributed by atoms with Gasteiger partial charge in [-0.2, -0.15) is 0 Å². The smallest absolute Gasteiger partial charge is 0.189 e. The average Bonchev–Trinajstić information content (AvgIpc) is 2.70. The third kappa shape index (κ3) is 4.56. The highest BCUT2D eigenvalue weighted by Crippen LogP contribution is 2.43. The molecule has 3 N–H and O–H groups in total. The molecule has 0 radical (unpaired) electrons. The highest BCUT2D eigenvalue weighted by Gasteiger charge is 2.41. The summed E-state index contributed by atoms with van der Waals surface area (Å²) in [4.78, 5) is 7.29. The maximum Gasteiger partial charge on any atom is 0.189 e. The van der Waals surface area contributed by atoms with Gasteiger partial charge in [0.05, 0.1) is 6.04 Å².